The molecule has 1 saturated heterocycles. The standard InChI is InChI=1S/C15H17Br2NO3/c1-20-15-10(7-11(16)8-13(15)17)4-5-14(19)18-9-12-3-2-6-21-12/h4-5,7-8,12H,2-3,6,9H2,1H3,(H,18,19)/b5-4+. The molecule has 4 nitrogen and oxygen atoms in total. The second-order valence-electron chi connectivity index (χ2n) is 4.72. The molecule has 1 atom stereocenters. The quantitative estimate of drug-likeness (QED) is 0.744. The highest BCUT2D eigenvalue weighted by Crippen LogP contribution is 2.33. The van der Waals surface area contributed by atoms with Gasteiger partial charge >= 0.3 is 0 Å². The first-order valence-electron chi connectivity index (χ1n) is 6.70. The number of carbonyl (C=O) groups excluding carboxylic acids is 1. The average Bonchev–Trinajstić information content (AvgIpc) is 2.95. The van der Waals surface area contributed by atoms with Crippen molar-refractivity contribution in [2.24, 2.45) is 0 Å². The summed E-state index contributed by atoms with van der Waals surface area (Å²) in [5.74, 6) is 0.560. The molecule has 1 aromatic carbocycles. The zero-order valence-corrected chi connectivity index (χ0v) is 14.9. The van der Waals surface area contributed by atoms with Crippen molar-refractivity contribution in [3.05, 3.63) is 32.7 Å². The maximum absolute atomic E-state index is 11.8. The van der Waals surface area contributed by atoms with Crippen LogP contribution in [0.3, 0.4) is 0 Å². The minimum Gasteiger partial charge on any atom is -0.495 e. The number of nitrogens with one attached hydrogen (secondary N) is 1. The van der Waals surface area contributed by atoms with Gasteiger partial charge in [0, 0.05) is 29.3 Å². The predicted molar refractivity (Wildman–Crippen MR) is 89.4 cm³/mol. The number of amides is 1. The van der Waals surface area contributed by atoms with E-state index in [-0.39, 0.29) is 12.0 Å². The van der Waals surface area contributed by atoms with Crippen molar-refractivity contribution < 1.29 is 14.3 Å². The van der Waals surface area contributed by atoms with Crippen LogP contribution in [0.2, 0.25) is 0 Å². The lowest BCUT2D eigenvalue weighted by Gasteiger charge is -2.10. The van der Waals surface area contributed by atoms with Crippen LogP contribution in [-0.2, 0) is 9.53 Å². The third-order valence-electron chi connectivity index (χ3n) is 3.18. The maximum Gasteiger partial charge on any atom is 0.244 e. The third kappa shape index (κ3) is 4.83. The Hall–Kier alpha value is -0.850. The summed E-state index contributed by atoms with van der Waals surface area (Å²) in [7, 11) is 1.60. The predicted octanol–water partition coefficient (Wildman–Crippen LogP) is 3.53. The van der Waals surface area contributed by atoms with Crippen LogP contribution in [0.4, 0.5) is 0 Å². The van der Waals surface area contributed by atoms with E-state index in [0.29, 0.717) is 12.3 Å². The van der Waals surface area contributed by atoms with Gasteiger partial charge in [-0.2, -0.15) is 0 Å². The Morgan fingerprint density at radius 1 is 1.52 bits per heavy atom. The van der Waals surface area contributed by atoms with Crippen LogP contribution in [0, 0.1) is 0 Å². The summed E-state index contributed by atoms with van der Waals surface area (Å²) in [5.41, 5.74) is 0.825. The van der Waals surface area contributed by atoms with Crippen LogP contribution < -0.4 is 10.1 Å². The minimum absolute atomic E-state index is 0.136. The lowest BCUT2D eigenvalue weighted by atomic mass is 10.2. The van der Waals surface area contributed by atoms with Gasteiger partial charge in [-0.3, -0.25) is 4.79 Å². The molecule has 21 heavy (non-hydrogen) atoms. The van der Waals surface area contributed by atoms with E-state index < -0.39 is 0 Å². The molecule has 0 bridgehead atoms. The molecule has 1 aliphatic rings. The Balaban J connectivity index is 1.97. The number of rotatable bonds is 5. The Morgan fingerprint density at radius 3 is 3.00 bits per heavy atom. The Morgan fingerprint density at radius 2 is 2.33 bits per heavy atom. The van der Waals surface area contributed by atoms with Crippen LogP contribution in [-0.4, -0.2) is 32.3 Å². The fraction of sp³-hybridized carbons (Fsp3) is 0.400. The number of ether oxygens (including phenoxy) is 2. The van der Waals surface area contributed by atoms with Gasteiger partial charge in [0.25, 0.3) is 0 Å². The second kappa shape index (κ2) is 7.96. The minimum atomic E-state index is -0.136. The van der Waals surface area contributed by atoms with Gasteiger partial charge in [-0.05, 0) is 47.0 Å². The number of halogens is 2. The highest BCUT2D eigenvalue weighted by atomic mass is 79.9. The molecule has 6 heteroatoms. The van der Waals surface area contributed by atoms with Gasteiger partial charge < -0.3 is 14.8 Å². The monoisotopic (exact) mass is 417 g/mol. The Labute approximate surface area is 141 Å². The lowest BCUT2D eigenvalue weighted by molar-refractivity contribution is -0.116. The van der Waals surface area contributed by atoms with Gasteiger partial charge in [-0.25, -0.2) is 0 Å². The smallest absolute Gasteiger partial charge is 0.244 e. The SMILES string of the molecule is COc1c(Br)cc(Br)cc1/C=C/C(=O)NCC1CCCO1. The van der Waals surface area contributed by atoms with Crippen LogP contribution in [0.5, 0.6) is 5.75 Å². The number of hydrogen-bond donors (Lipinski definition) is 1. The first-order valence-corrected chi connectivity index (χ1v) is 8.29. The molecule has 0 radical (unpaired) electrons. The molecular weight excluding hydrogens is 402 g/mol. The number of hydrogen-bond acceptors (Lipinski definition) is 3. The molecule has 1 heterocycles. The molecular formula is C15H17Br2NO3. The van der Waals surface area contributed by atoms with E-state index in [2.05, 4.69) is 37.2 Å². The molecule has 1 aromatic rings. The third-order valence-corrected chi connectivity index (χ3v) is 4.23. The second-order valence-corrected chi connectivity index (χ2v) is 6.49. The largest absolute Gasteiger partial charge is 0.495 e. The van der Waals surface area contributed by atoms with E-state index in [4.69, 9.17) is 9.47 Å². The Bertz CT molecular complexity index is 540. The van der Waals surface area contributed by atoms with Crippen molar-refractivity contribution in [2.45, 2.75) is 18.9 Å². The molecule has 1 unspecified atom stereocenters. The summed E-state index contributed by atoms with van der Waals surface area (Å²) >= 11 is 6.86. The van der Waals surface area contributed by atoms with E-state index in [9.17, 15) is 4.79 Å². The summed E-state index contributed by atoms with van der Waals surface area (Å²) in [5, 5.41) is 2.85. The summed E-state index contributed by atoms with van der Waals surface area (Å²) in [6.45, 7) is 1.35. The molecule has 1 N–H and O–H groups in total. The lowest BCUT2D eigenvalue weighted by Crippen LogP contribution is -2.30. The van der Waals surface area contributed by atoms with Gasteiger partial charge in [0.15, 0.2) is 0 Å². The molecule has 1 fully saturated rings. The molecule has 1 aliphatic heterocycles. The van der Waals surface area contributed by atoms with E-state index in [1.807, 2.05) is 12.1 Å². The van der Waals surface area contributed by atoms with E-state index in [0.717, 1.165) is 34.0 Å². The van der Waals surface area contributed by atoms with Gasteiger partial charge in [0.05, 0.1) is 17.7 Å². The summed E-state index contributed by atoms with van der Waals surface area (Å²) < 4.78 is 12.5. The zero-order chi connectivity index (χ0) is 15.2. The molecule has 114 valence electrons. The van der Waals surface area contributed by atoms with Crippen molar-refractivity contribution in [3.63, 3.8) is 0 Å². The van der Waals surface area contributed by atoms with Gasteiger partial charge in [-0.1, -0.05) is 15.9 Å². The summed E-state index contributed by atoms with van der Waals surface area (Å²) in [6, 6.07) is 3.79. The molecule has 2 rings (SSSR count). The van der Waals surface area contributed by atoms with Gasteiger partial charge in [0.2, 0.25) is 5.91 Å². The van der Waals surface area contributed by atoms with Crippen molar-refractivity contribution in [1.29, 1.82) is 0 Å². The molecule has 0 saturated carbocycles. The molecule has 0 spiro atoms. The van der Waals surface area contributed by atoms with E-state index in [1.165, 1.54) is 6.08 Å². The summed E-state index contributed by atoms with van der Waals surface area (Å²) in [6.07, 6.45) is 5.47. The van der Waals surface area contributed by atoms with Crippen LogP contribution in [0.1, 0.15) is 18.4 Å². The van der Waals surface area contributed by atoms with Crippen LogP contribution in [0.25, 0.3) is 6.08 Å². The normalized spacial score (nSPS) is 18.1. The number of methoxy groups -OCH3 is 1. The van der Waals surface area contributed by atoms with Crippen molar-refractivity contribution >= 4 is 43.8 Å². The van der Waals surface area contributed by atoms with Crippen molar-refractivity contribution in [1.82, 2.24) is 5.32 Å². The molecule has 1 amide bonds. The average molecular weight is 419 g/mol. The number of benzene rings is 1. The van der Waals surface area contributed by atoms with Crippen LogP contribution >= 0.6 is 31.9 Å². The highest BCUT2D eigenvalue weighted by Gasteiger charge is 2.15. The van der Waals surface area contributed by atoms with E-state index in [1.54, 1.807) is 13.2 Å². The van der Waals surface area contributed by atoms with Gasteiger partial charge in [0.1, 0.15) is 5.75 Å². The fourth-order valence-corrected chi connectivity index (χ4v) is 3.58. The first kappa shape index (κ1) is 16.5. The van der Waals surface area contributed by atoms with Gasteiger partial charge in [-0.15, -0.1) is 0 Å². The van der Waals surface area contributed by atoms with Crippen molar-refractivity contribution in [2.75, 3.05) is 20.3 Å². The Kier molecular flexibility index (Phi) is 6.26. The molecule has 0 aromatic heterocycles. The highest BCUT2D eigenvalue weighted by molar-refractivity contribution is 9.11. The van der Waals surface area contributed by atoms with E-state index >= 15 is 0 Å². The van der Waals surface area contributed by atoms with Crippen LogP contribution in [0.15, 0.2) is 27.2 Å². The number of carbonyl (C=O) groups is 1. The topological polar surface area (TPSA) is 47.6 Å². The first-order chi connectivity index (χ1) is 10.1. The van der Waals surface area contributed by atoms with Crippen molar-refractivity contribution in [3.8, 4) is 5.75 Å². The fourth-order valence-electron chi connectivity index (χ4n) is 2.16. The zero-order valence-electron chi connectivity index (χ0n) is 11.7. The summed E-state index contributed by atoms with van der Waals surface area (Å²) in [4.78, 5) is 11.8. The molecule has 0 aliphatic carbocycles. The maximum atomic E-state index is 11.8.